The van der Waals surface area contributed by atoms with Crippen LogP contribution in [0.4, 0.5) is 17.3 Å². The number of hydrogen-bond acceptors (Lipinski definition) is 7. The second-order valence-corrected chi connectivity index (χ2v) is 10.1. The number of pyridine rings is 1. The van der Waals surface area contributed by atoms with Crippen molar-refractivity contribution in [3.8, 4) is 0 Å². The first-order valence-corrected chi connectivity index (χ1v) is 12.8. The monoisotopic (exact) mass is 476 g/mol. The molecular formula is C27H36N6O2. The molecule has 35 heavy (non-hydrogen) atoms. The first-order chi connectivity index (χ1) is 16.9. The second-order valence-electron chi connectivity index (χ2n) is 10.1. The molecule has 1 aliphatic heterocycles. The summed E-state index contributed by atoms with van der Waals surface area (Å²) in [6, 6.07) is 11.1. The standard InChI is InChI=1S/C27H36N6O2/c1-18-14-25(35)33(23-6-4-5-7-23)26-24(18)15-28-27(30-26)29-21-8-10-22(11-9-21)31-16-19(2)32(12-13-34)20(3)17-31/h8-11,14-15,19-20,23,34H,4-7,12-13,16-17H2,1-3H3,(H,28,29,30). The van der Waals surface area contributed by atoms with E-state index >= 15 is 0 Å². The molecule has 1 aromatic carbocycles. The third-order valence-corrected chi connectivity index (χ3v) is 7.64. The van der Waals surface area contributed by atoms with Gasteiger partial charge in [-0.3, -0.25) is 14.3 Å². The maximum atomic E-state index is 12.9. The highest BCUT2D eigenvalue weighted by Gasteiger charge is 2.29. The molecule has 3 heterocycles. The Balaban J connectivity index is 1.36. The number of anilines is 3. The molecule has 1 saturated carbocycles. The minimum atomic E-state index is 0.0263. The van der Waals surface area contributed by atoms with Gasteiger partial charge in [-0.15, -0.1) is 0 Å². The summed E-state index contributed by atoms with van der Waals surface area (Å²) in [6.07, 6.45) is 6.19. The molecular weight excluding hydrogens is 440 g/mol. The summed E-state index contributed by atoms with van der Waals surface area (Å²) in [5, 5.41) is 13.6. The average Bonchev–Trinajstić information content (AvgIpc) is 3.36. The molecule has 8 heteroatoms. The zero-order valence-electron chi connectivity index (χ0n) is 20.9. The van der Waals surface area contributed by atoms with Crippen molar-refractivity contribution < 1.29 is 5.11 Å². The van der Waals surface area contributed by atoms with Gasteiger partial charge in [0.15, 0.2) is 0 Å². The van der Waals surface area contributed by atoms with E-state index in [1.807, 2.05) is 17.7 Å². The van der Waals surface area contributed by atoms with E-state index in [-0.39, 0.29) is 18.2 Å². The minimum Gasteiger partial charge on any atom is -0.395 e. The van der Waals surface area contributed by atoms with Crippen LogP contribution in [-0.2, 0) is 0 Å². The number of benzene rings is 1. The molecule has 2 atom stereocenters. The highest BCUT2D eigenvalue weighted by molar-refractivity contribution is 5.79. The number of aliphatic hydroxyl groups is 1. The van der Waals surface area contributed by atoms with Crippen LogP contribution in [-0.4, -0.2) is 62.9 Å². The van der Waals surface area contributed by atoms with E-state index in [4.69, 9.17) is 4.98 Å². The summed E-state index contributed by atoms with van der Waals surface area (Å²) in [4.78, 5) is 27.0. The van der Waals surface area contributed by atoms with Crippen LogP contribution in [0.2, 0.25) is 0 Å². The van der Waals surface area contributed by atoms with Crippen molar-refractivity contribution in [3.63, 3.8) is 0 Å². The SMILES string of the molecule is Cc1cc(=O)n(C2CCCC2)c2nc(Nc3ccc(N4CC(C)N(CCO)C(C)C4)cc3)ncc12. The molecule has 8 nitrogen and oxygen atoms in total. The smallest absolute Gasteiger partial charge is 0.252 e. The van der Waals surface area contributed by atoms with Gasteiger partial charge < -0.3 is 15.3 Å². The van der Waals surface area contributed by atoms with Crippen molar-refractivity contribution in [1.29, 1.82) is 0 Å². The average molecular weight is 477 g/mol. The summed E-state index contributed by atoms with van der Waals surface area (Å²) in [5.41, 5.74) is 3.76. The minimum absolute atomic E-state index is 0.0263. The third-order valence-electron chi connectivity index (χ3n) is 7.64. The Labute approximate surface area is 206 Å². The van der Waals surface area contributed by atoms with Crippen LogP contribution < -0.4 is 15.8 Å². The van der Waals surface area contributed by atoms with Crippen LogP contribution in [0.5, 0.6) is 0 Å². The fraction of sp³-hybridized carbons (Fsp3) is 0.519. The molecule has 2 fully saturated rings. The maximum Gasteiger partial charge on any atom is 0.252 e. The summed E-state index contributed by atoms with van der Waals surface area (Å²) in [5.74, 6) is 0.502. The van der Waals surface area contributed by atoms with Gasteiger partial charge in [-0.1, -0.05) is 12.8 Å². The van der Waals surface area contributed by atoms with Crippen LogP contribution in [0, 0.1) is 6.92 Å². The molecule has 0 bridgehead atoms. The lowest BCUT2D eigenvalue weighted by molar-refractivity contribution is 0.103. The number of aromatic nitrogens is 3. The van der Waals surface area contributed by atoms with Crippen LogP contribution in [0.1, 0.15) is 51.1 Å². The van der Waals surface area contributed by atoms with Crippen LogP contribution >= 0.6 is 0 Å². The number of fused-ring (bicyclic) bond motifs is 1. The lowest BCUT2D eigenvalue weighted by Gasteiger charge is -2.45. The fourth-order valence-electron chi connectivity index (χ4n) is 5.86. The first-order valence-electron chi connectivity index (χ1n) is 12.8. The quantitative estimate of drug-likeness (QED) is 0.559. The molecule has 2 aliphatic rings. The third kappa shape index (κ3) is 4.77. The van der Waals surface area contributed by atoms with Gasteiger partial charge in [0.05, 0.1) is 6.61 Å². The number of aliphatic hydroxyl groups excluding tert-OH is 1. The van der Waals surface area contributed by atoms with E-state index in [9.17, 15) is 9.90 Å². The van der Waals surface area contributed by atoms with Gasteiger partial charge >= 0.3 is 0 Å². The lowest BCUT2D eigenvalue weighted by atomic mass is 10.1. The molecule has 2 unspecified atom stereocenters. The number of hydrogen-bond donors (Lipinski definition) is 2. The Bertz CT molecular complexity index is 1220. The number of nitrogens with one attached hydrogen (secondary N) is 1. The molecule has 0 amide bonds. The van der Waals surface area contributed by atoms with Crippen LogP contribution in [0.3, 0.4) is 0 Å². The number of piperazine rings is 1. The van der Waals surface area contributed by atoms with Crippen molar-refractivity contribution in [1.82, 2.24) is 19.4 Å². The molecule has 5 rings (SSSR count). The van der Waals surface area contributed by atoms with Crippen LogP contribution in [0.25, 0.3) is 11.0 Å². The summed E-state index contributed by atoms with van der Waals surface area (Å²) in [6.45, 7) is 9.17. The van der Waals surface area contributed by atoms with Crippen molar-refractivity contribution in [3.05, 3.63) is 52.4 Å². The topological polar surface area (TPSA) is 86.5 Å². The van der Waals surface area contributed by atoms with E-state index in [1.54, 1.807) is 6.07 Å². The molecule has 2 aromatic heterocycles. The highest BCUT2D eigenvalue weighted by Crippen LogP contribution is 2.31. The van der Waals surface area contributed by atoms with Crippen molar-refractivity contribution in [2.75, 3.05) is 36.5 Å². The predicted octanol–water partition coefficient (Wildman–Crippen LogP) is 3.85. The number of aryl methyl sites for hydroxylation is 1. The van der Waals surface area contributed by atoms with E-state index in [0.29, 0.717) is 18.0 Å². The summed E-state index contributed by atoms with van der Waals surface area (Å²) >= 11 is 0. The summed E-state index contributed by atoms with van der Waals surface area (Å²) < 4.78 is 1.88. The van der Waals surface area contributed by atoms with Gasteiger partial charge in [-0.05, 0) is 63.4 Å². The van der Waals surface area contributed by atoms with Crippen LogP contribution in [0.15, 0.2) is 41.3 Å². The van der Waals surface area contributed by atoms with Gasteiger partial charge in [0, 0.05) is 66.8 Å². The Kier molecular flexibility index (Phi) is 6.75. The number of nitrogens with zero attached hydrogens (tertiary/aromatic N) is 5. The van der Waals surface area contributed by atoms with Gasteiger partial charge in [-0.25, -0.2) is 4.98 Å². The molecule has 3 aromatic rings. The lowest BCUT2D eigenvalue weighted by Crippen LogP contribution is -2.57. The maximum absolute atomic E-state index is 12.9. The van der Waals surface area contributed by atoms with E-state index in [1.165, 1.54) is 5.69 Å². The Morgan fingerprint density at radius 1 is 1.09 bits per heavy atom. The van der Waals surface area contributed by atoms with E-state index < -0.39 is 0 Å². The highest BCUT2D eigenvalue weighted by atomic mass is 16.3. The second kappa shape index (κ2) is 9.95. The first kappa shape index (κ1) is 23.8. The van der Waals surface area contributed by atoms with E-state index in [0.717, 1.165) is 67.6 Å². The fourth-order valence-corrected chi connectivity index (χ4v) is 5.86. The van der Waals surface area contributed by atoms with Gasteiger partial charge in [-0.2, -0.15) is 4.98 Å². The molecule has 186 valence electrons. The normalized spacial score (nSPS) is 21.7. The van der Waals surface area contributed by atoms with Crippen molar-refractivity contribution in [2.45, 2.75) is 64.6 Å². The molecule has 0 spiro atoms. The predicted molar refractivity (Wildman–Crippen MR) is 141 cm³/mol. The van der Waals surface area contributed by atoms with Crippen molar-refractivity contribution in [2.24, 2.45) is 0 Å². The Morgan fingerprint density at radius 3 is 2.43 bits per heavy atom. The van der Waals surface area contributed by atoms with E-state index in [2.05, 4.69) is 58.2 Å². The molecule has 2 N–H and O–H groups in total. The molecule has 1 aliphatic carbocycles. The number of β-amino-alcohol motifs (C(OH)–C–C–N with tert-alkyl or cyclic N) is 1. The van der Waals surface area contributed by atoms with Gasteiger partial charge in [0.1, 0.15) is 5.65 Å². The molecule has 0 radical (unpaired) electrons. The number of rotatable bonds is 6. The largest absolute Gasteiger partial charge is 0.395 e. The molecule has 1 saturated heterocycles. The zero-order chi connectivity index (χ0) is 24.5. The van der Waals surface area contributed by atoms with Gasteiger partial charge in [0.25, 0.3) is 5.56 Å². The Morgan fingerprint density at radius 2 is 1.77 bits per heavy atom. The van der Waals surface area contributed by atoms with Gasteiger partial charge in [0.2, 0.25) is 5.95 Å². The Hall–Kier alpha value is -2.97. The van der Waals surface area contributed by atoms with Crippen molar-refractivity contribution >= 4 is 28.4 Å². The zero-order valence-corrected chi connectivity index (χ0v) is 20.9. The summed E-state index contributed by atoms with van der Waals surface area (Å²) in [7, 11) is 0.